The van der Waals surface area contributed by atoms with Crippen LogP contribution in [0.15, 0.2) is 83.8 Å². The Labute approximate surface area is 156 Å². The first-order valence-corrected chi connectivity index (χ1v) is 9.68. The molecule has 0 amide bonds. The van der Waals surface area contributed by atoms with Crippen LogP contribution in [0.4, 0.5) is 5.69 Å². The SMILES string of the molecule is O=C(CS(=O)(=O)c1ccc(-c2ccccc2)cc1)c1ccc([N+](=O)[O-])cc1. The van der Waals surface area contributed by atoms with Gasteiger partial charge in [-0.25, -0.2) is 8.42 Å². The molecule has 0 heterocycles. The van der Waals surface area contributed by atoms with Crippen LogP contribution in [0.1, 0.15) is 10.4 Å². The minimum Gasteiger partial charge on any atom is -0.293 e. The lowest BCUT2D eigenvalue weighted by molar-refractivity contribution is -0.384. The summed E-state index contributed by atoms with van der Waals surface area (Å²) in [5.74, 6) is -1.31. The summed E-state index contributed by atoms with van der Waals surface area (Å²) in [5, 5.41) is 10.7. The van der Waals surface area contributed by atoms with Crippen molar-refractivity contribution in [1.29, 1.82) is 0 Å². The van der Waals surface area contributed by atoms with Gasteiger partial charge in [-0.05, 0) is 35.4 Å². The van der Waals surface area contributed by atoms with Crippen molar-refractivity contribution in [1.82, 2.24) is 0 Å². The van der Waals surface area contributed by atoms with Gasteiger partial charge in [0.05, 0.1) is 9.82 Å². The molecule has 0 bridgehead atoms. The van der Waals surface area contributed by atoms with Crippen LogP contribution in [-0.4, -0.2) is 24.9 Å². The molecule has 0 aliphatic rings. The molecule has 0 aliphatic carbocycles. The number of hydrogen-bond acceptors (Lipinski definition) is 5. The standard InChI is InChI=1S/C20H15NO5S/c22-20(17-6-10-18(11-7-17)21(23)24)14-27(25,26)19-12-8-16(9-13-19)15-4-2-1-3-5-15/h1-13H,14H2. The van der Waals surface area contributed by atoms with Crippen molar-refractivity contribution in [3.05, 3.63) is 94.5 Å². The largest absolute Gasteiger partial charge is 0.293 e. The van der Waals surface area contributed by atoms with Crippen LogP contribution in [0, 0.1) is 10.1 Å². The molecule has 3 aromatic carbocycles. The van der Waals surface area contributed by atoms with E-state index in [0.717, 1.165) is 11.1 Å². The molecule has 136 valence electrons. The number of Topliss-reactive ketones (excluding diaryl/α,β-unsaturated/α-hetero) is 1. The number of rotatable bonds is 6. The van der Waals surface area contributed by atoms with Crippen LogP contribution < -0.4 is 0 Å². The van der Waals surface area contributed by atoms with Crippen molar-refractivity contribution in [2.75, 3.05) is 5.75 Å². The summed E-state index contributed by atoms with van der Waals surface area (Å²) in [6.45, 7) is 0. The number of sulfone groups is 1. The zero-order valence-corrected chi connectivity index (χ0v) is 14.9. The molecule has 0 saturated heterocycles. The van der Waals surface area contributed by atoms with Crippen LogP contribution in [-0.2, 0) is 9.84 Å². The Balaban J connectivity index is 1.78. The van der Waals surface area contributed by atoms with Gasteiger partial charge >= 0.3 is 0 Å². The summed E-state index contributed by atoms with van der Waals surface area (Å²) < 4.78 is 25.0. The summed E-state index contributed by atoms with van der Waals surface area (Å²) in [4.78, 5) is 22.4. The lowest BCUT2D eigenvalue weighted by Gasteiger charge is -2.06. The molecule has 6 nitrogen and oxygen atoms in total. The number of hydrogen-bond donors (Lipinski definition) is 0. The Bertz CT molecular complexity index is 1070. The van der Waals surface area contributed by atoms with Crippen molar-refractivity contribution in [3.63, 3.8) is 0 Å². The number of carbonyl (C=O) groups excluding carboxylic acids is 1. The number of nitro groups is 1. The quantitative estimate of drug-likeness (QED) is 0.366. The van der Waals surface area contributed by atoms with Gasteiger partial charge in [0.1, 0.15) is 5.75 Å². The van der Waals surface area contributed by atoms with E-state index in [-0.39, 0.29) is 16.1 Å². The van der Waals surface area contributed by atoms with Crippen molar-refractivity contribution < 1.29 is 18.1 Å². The monoisotopic (exact) mass is 381 g/mol. The van der Waals surface area contributed by atoms with Crippen LogP contribution in [0.25, 0.3) is 11.1 Å². The third-order valence-electron chi connectivity index (χ3n) is 4.04. The number of carbonyl (C=O) groups is 1. The fourth-order valence-corrected chi connectivity index (χ4v) is 3.82. The Hall–Kier alpha value is -3.32. The zero-order chi connectivity index (χ0) is 19.4. The minimum absolute atomic E-state index is 0.0532. The van der Waals surface area contributed by atoms with E-state index in [0.29, 0.717) is 0 Å². The molecule has 0 aromatic heterocycles. The molecule has 7 heteroatoms. The number of benzene rings is 3. The predicted molar refractivity (Wildman–Crippen MR) is 101 cm³/mol. The Morgan fingerprint density at radius 1 is 0.815 bits per heavy atom. The van der Waals surface area contributed by atoms with Gasteiger partial charge in [0.25, 0.3) is 5.69 Å². The van der Waals surface area contributed by atoms with Gasteiger partial charge in [0.2, 0.25) is 0 Å². The van der Waals surface area contributed by atoms with Crippen LogP contribution >= 0.6 is 0 Å². The van der Waals surface area contributed by atoms with Gasteiger partial charge < -0.3 is 0 Å². The molecule has 3 rings (SSSR count). The van der Waals surface area contributed by atoms with E-state index >= 15 is 0 Å². The number of nitrogens with zero attached hydrogens (tertiary/aromatic N) is 1. The fraction of sp³-hybridized carbons (Fsp3) is 0.0500. The lowest BCUT2D eigenvalue weighted by atomic mass is 10.1. The minimum atomic E-state index is -3.82. The van der Waals surface area contributed by atoms with E-state index in [2.05, 4.69) is 0 Å². The molecule has 0 radical (unpaired) electrons. The van der Waals surface area contributed by atoms with Gasteiger partial charge in [0, 0.05) is 17.7 Å². The maximum Gasteiger partial charge on any atom is 0.269 e. The van der Waals surface area contributed by atoms with Crippen LogP contribution in [0.3, 0.4) is 0 Å². The summed E-state index contributed by atoms with van der Waals surface area (Å²) in [6, 6.07) is 20.7. The number of ketones is 1. The average Bonchev–Trinajstić information content (AvgIpc) is 2.68. The summed E-state index contributed by atoms with van der Waals surface area (Å²) in [7, 11) is -3.82. The summed E-state index contributed by atoms with van der Waals surface area (Å²) in [5.41, 5.74) is 1.79. The molecule has 0 aliphatic heterocycles. The molecular formula is C20H15NO5S. The highest BCUT2D eigenvalue weighted by Crippen LogP contribution is 2.22. The first kappa shape index (κ1) is 18.5. The number of nitro benzene ring substituents is 1. The average molecular weight is 381 g/mol. The normalized spacial score (nSPS) is 11.1. The van der Waals surface area contributed by atoms with E-state index in [1.807, 2.05) is 30.3 Å². The first-order chi connectivity index (χ1) is 12.9. The topological polar surface area (TPSA) is 94.3 Å². The van der Waals surface area contributed by atoms with E-state index < -0.39 is 26.3 Å². The highest BCUT2D eigenvalue weighted by atomic mass is 32.2. The summed E-state index contributed by atoms with van der Waals surface area (Å²) >= 11 is 0. The summed E-state index contributed by atoms with van der Waals surface area (Å²) in [6.07, 6.45) is 0. The highest BCUT2D eigenvalue weighted by Gasteiger charge is 2.21. The first-order valence-electron chi connectivity index (χ1n) is 8.03. The third kappa shape index (κ3) is 4.27. The molecule has 0 spiro atoms. The molecule has 3 aromatic rings. The molecule has 0 saturated carbocycles. The Morgan fingerprint density at radius 2 is 1.37 bits per heavy atom. The van der Waals surface area contributed by atoms with Crippen LogP contribution in [0.5, 0.6) is 0 Å². The Kier molecular flexibility index (Phi) is 5.14. The van der Waals surface area contributed by atoms with Gasteiger partial charge in [-0.2, -0.15) is 0 Å². The maximum atomic E-state index is 12.5. The molecular weight excluding hydrogens is 366 g/mol. The van der Waals surface area contributed by atoms with Crippen molar-refractivity contribution in [2.24, 2.45) is 0 Å². The molecule has 0 atom stereocenters. The van der Waals surface area contributed by atoms with Gasteiger partial charge in [-0.3, -0.25) is 14.9 Å². The maximum absolute atomic E-state index is 12.5. The lowest BCUT2D eigenvalue weighted by Crippen LogP contribution is -2.16. The highest BCUT2D eigenvalue weighted by molar-refractivity contribution is 7.92. The van der Waals surface area contributed by atoms with Crippen molar-refractivity contribution >= 4 is 21.3 Å². The molecule has 0 fully saturated rings. The molecule has 0 N–H and O–H groups in total. The second-order valence-corrected chi connectivity index (χ2v) is 7.87. The van der Waals surface area contributed by atoms with Crippen LogP contribution in [0.2, 0.25) is 0 Å². The second kappa shape index (κ2) is 7.51. The second-order valence-electron chi connectivity index (χ2n) is 5.88. The van der Waals surface area contributed by atoms with Crippen molar-refractivity contribution in [2.45, 2.75) is 4.90 Å². The Morgan fingerprint density at radius 3 is 1.93 bits per heavy atom. The van der Waals surface area contributed by atoms with Gasteiger partial charge in [-0.15, -0.1) is 0 Å². The smallest absolute Gasteiger partial charge is 0.269 e. The third-order valence-corrected chi connectivity index (χ3v) is 5.67. The van der Waals surface area contributed by atoms with Gasteiger partial charge in [-0.1, -0.05) is 42.5 Å². The van der Waals surface area contributed by atoms with E-state index in [1.165, 1.54) is 36.4 Å². The number of non-ortho nitro benzene ring substituents is 1. The zero-order valence-electron chi connectivity index (χ0n) is 14.1. The fourth-order valence-electron chi connectivity index (χ4n) is 2.59. The molecule has 27 heavy (non-hydrogen) atoms. The van der Waals surface area contributed by atoms with E-state index in [9.17, 15) is 23.3 Å². The van der Waals surface area contributed by atoms with Gasteiger partial charge in [0.15, 0.2) is 15.6 Å². The van der Waals surface area contributed by atoms with E-state index in [4.69, 9.17) is 0 Å². The molecule has 0 unspecified atom stereocenters. The van der Waals surface area contributed by atoms with Crippen molar-refractivity contribution in [3.8, 4) is 11.1 Å². The van der Waals surface area contributed by atoms with E-state index in [1.54, 1.807) is 12.1 Å². The predicted octanol–water partition coefficient (Wildman–Crippen LogP) is 3.92.